The minimum atomic E-state index is 0.0303. The fourth-order valence-electron chi connectivity index (χ4n) is 6.73. The molecule has 2 heteroatoms. The van der Waals surface area contributed by atoms with Gasteiger partial charge in [0.2, 0.25) is 0 Å². The molecule has 1 aliphatic heterocycles. The van der Waals surface area contributed by atoms with E-state index in [-0.39, 0.29) is 5.41 Å². The largest absolute Gasteiger partial charge is 0.256 e. The van der Waals surface area contributed by atoms with Gasteiger partial charge in [0.25, 0.3) is 0 Å². The van der Waals surface area contributed by atoms with Gasteiger partial charge in [0, 0.05) is 26.9 Å². The molecule has 7 rings (SSSR count). The standard InChI is InChI=1S/C34H33NS/c1-20-9-11-26-23(15-20)18-28-32-30-27(13-14-35-32)25-12-10-22(16-21-7-5-6-8-21)17-24(25)19-29(30)36-33(28)31(26)34(2,3)4/h9-15,17-19,21H,5-8,16H2,1-4H3. The van der Waals surface area contributed by atoms with Gasteiger partial charge in [-0.25, -0.2) is 0 Å². The summed E-state index contributed by atoms with van der Waals surface area (Å²) in [6.07, 6.45) is 8.84. The van der Waals surface area contributed by atoms with Crippen LogP contribution in [-0.2, 0) is 11.8 Å². The number of aryl methyl sites for hydroxylation is 1. The zero-order valence-corrected chi connectivity index (χ0v) is 22.6. The molecule has 0 bridgehead atoms. The number of fused-ring (bicyclic) bond motifs is 5. The molecule has 1 fully saturated rings. The Morgan fingerprint density at radius 1 is 0.861 bits per heavy atom. The Labute approximate surface area is 218 Å². The summed E-state index contributed by atoms with van der Waals surface area (Å²) in [4.78, 5) is 7.74. The number of aromatic nitrogens is 1. The highest BCUT2D eigenvalue weighted by Crippen LogP contribution is 2.53. The summed E-state index contributed by atoms with van der Waals surface area (Å²) in [6.45, 7) is 9.23. The van der Waals surface area contributed by atoms with Crippen LogP contribution in [-0.4, -0.2) is 4.98 Å². The second kappa shape index (κ2) is 8.08. The Kier molecular flexibility index (Phi) is 5.02. The van der Waals surface area contributed by atoms with Crippen LogP contribution >= 0.6 is 11.8 Å². The first-order valence-corrected chi connectivity index (χ1v) is 14.3. The topological polar surface area (TPSA) is 12.9 Å². The van der Waals surface area contributed by atoms with Crippen molar-refractivity contribution in [2.75, 3.05) is 0 Å². The molecule has 2 aliphatic rings. The smallest absolute Gasteiger partial charge is 0.0803 e. The maximum Gasteiger partial charge on any atom is 0.0803 e. The number of pyridine rings is 1. The van der Waals surface area contributed by atoms with Crippen molar-refractivity contribution in [1.82, 2.24) is 4.98 Å². The van der Waals surface area contributed by atoms with Gasteiger partial charge in [0.15, 0.2) is 0 Å². The van der Waals surface area contributed by atoms with Gasteiger partial charge < -0.3 is 0 Å². The van der Waals surface area contributed by atoms with E-state index in [1.165, 1.54) is 96.5 Å². The monoisotopic (exact) mass is 487 g/mol. The second-order valence-corrected chi connectivity index (χ2v) is 13.1. The molecule has 1 nitrogen and oxygen atoms in total. The lowest BCUT2D eigenvalue weighted by molar-refractivity contribution is 0.547. The van der Waals surface area contributed by atoms with E-state index in [0.717, 1.165) is 11.6 Å². The number of benzene rings is 4. The molecule has 0 N–H and O–H groups in total. The molecule has 0 radical (unpaired) electrons. The van der Waals surface area contributed by atoms with E-state index in [0.29, 0.717) is 0 Å². The van der Waals surface area contributed by atoms with Gasteiger partial charge in [-0.15, -0.1) is 0 Å². The van der Waals surface area contributed by atoms with E-state index in [1.807, 2.05) is 18.0 Å². The Morgan fingerprint density at radius 2 is 1.64 bits per heavy atom. The summed E-state index contributed by atoms with van der Waals surface area (Å²) in [5.41, 5.74) is 6.70. The van der Waals surface area contributed by atoms with Crippen molar-refractivity contribution < 1.29 is 0 Å². The number of rotatable bonds is 2. The molecule has 180 valence electrons. The van der Waals surface area contributed by atoms with Gasteiger partial charge in [-0.05, 0) is 80.9 Å². The SMILES string of the molecule is Cc1ccc2c(C(C)(C)C)c3c(cc2c1)-c1nccc2c1c(cc1cc(CC4CCCC4)ccc12)S3. The third-order valence-electron chi connectivity index (χ3n) is 8.35. The van der Waals surface area contributed by atoms with Crippen LogP contribution in [0.1, 0.15) is 63.1 Å². The molecular weight excluding hydrogens is 454 g/mol. The zero-order valence-electron chi connectivity index (χ0n) is 21.7. The lowest BCUT2D eigenvalue weighted by Crippen LogP contribution is -2.15. The van der Waals surface area contributed by atoms with E-state index in [1.54, 1.807) is 0 Å². The van der Waals surface area contributed by atoms with E-state index in [2.05, 4.69) is 82.3 Å². The van der Waals surface area contributed by atoms with Crippen LogP contribution in [0.4, 0.5) is 0 Å². The van der Waals surface area contributed by atoms with Crippen molar-refractivity contribution in [2.24, 2.45) is 5.92 Å². The maximum absolute atomic E-state index is 5.01. The van der Waals surface area contributed by atoms with Crippen LogP contribution in [0.15, 0.2) is 70.6 Å². The molecule has 0 unspecified atom stereocenters. The molecule has 0 saturated heterocycles. The third kappa shape index (κ3) is 3.49. The fraction of sp³-hybridized carbons (Fsp3) is 0.324. The van der Waals surface area contributed by atoms with Crippen LogP contribution in [0.25, 0.3) is 43.6 Å². The van der Waals surface area contributed by atoms with Gasteiger partial charge in [0.1, 0.15) is 0 Å². The molecule has 5 aromatic rings. The average molecular weight is 488 g/mol. The first-order chi connectivity index (χ1) is 17.4. The number of hydrogen-bond donors (Lipinski definition) is 0. The summed E-state index contributed by atoms with van der Waals surface area (Å²) >= 11 is 1.96. The Morgan fingerprint density at radius 3 is 2.44 bits per heavy atom. The molecule has 1 aromatic heterocycles. The van der Waals surface area contributed by atoms with E-state index in [9.17, 15) is 0 Å². The Bertz CT molecular complexity index is 1680. The summed E-state index contributed by atoms with van der Waals surface area (Å²) < 4.78 is 0. The molecule has 1 aliphatic carbocycles. The predicted molar refractivity (Wildman–Crippen MR) is 155 cm³/mol. The molecule has 0 amide bonds. The van der Waals surface area contributed by atoms with Crippen molar-refractivity contribution in [1.29, 1.82) is 0 Å². The van der Waals surface area contributed by atoms with Crippen LogP contribution in [0.2, 0.25) is 0 Å². The molecule has 4 aromatic carbocycles. The van der Waals surface area contributed by atoms with Crippen LogP contribution in [0.3, 0.4) is 0 Å². The van der Waals surface area contributed by atoms with Crippen LogP contribution in [0.5, 0.6) is 0 Å². The van der Waals surface area contributed by atoms with Gasteiger partial charge in [-0.3, -0.25) is 4.98 Å². The summed E-state index contributed by atoms with van der Waals surface area (Å²) in [5, 5.41) is 8.06. The zero-order chi connectivity index (χ0) is 24.6. The Balaban J connectivity index is 1.49. The summed E-state index contributed by atoms with van der Waals surface area (Å²) in [5.74, 6) is 0.865. The minimum absolute atomic E-state index is 0.0303. The van der Waals surface area contributed by atoms with Crippen molar-refractivity contribution in [3.63, 3.8) is 0 Å². The molecule has 2 heterocycles. The highest BCUT2D eigenvalue weighted by Gasteiger charge is 2.30. The van der Waals surface area contributed by atoms with Crippen molar-refractivity contribution in [3.05, 3.63) is 77.5 Å². The molecular formula is C34H33NS. The van der Waals surface area contributed by atoms with Gasteiger partial charge in [-0.2, -0.15) is 0 Å². The third-order valence-corrected chi connectivity index (χ3v) is 9.52. The Hall–Kier alpha value is -2.84. The second-order valence-electron chi connectivity index (χ2n) is 12.1. The highest BCUT2D eigenvalue weighted by atomic mass is 32.2. The molecule has 0 atom stereocenters. The molecule has 36 heavy (non-hydrogen) atoms. The van der Waals surface area contributed by atoms with Gasteiger partial charge in [0.05, 0.1) is 5.69 Å². The first-order valence-electron chi connectivity index (χ1n) is 13.5. The maximum atomic E-state index is 5.01. The minimum Gasteiger partial charge on any atom is -0.256 e. The normalized spacial score (nSPS) is 15.8. The summed E-state index contributed by atoms with van der Waals surface area (Å²) in [7, 11) is 0. The van der Waals surface area contributed by atoms with E-state index in [4.69, 9.17) is 4.98 Å². The fourth-order valence-corrected chi connectivity index (χ4v) is 8.23. The van der Waals surface area contributed by atoms with E-state index < -0.39 is 0 Å². The molecule has 0 spiro atoms. The number of hydrogen-bond acceptors (Lipinski definition) is 2. The predicted octanol–water partition coefficient (Wildman–Crippen LogP) is 10.0. The van der Waals surface area contributed by atoms with Crippen molar-refractivity contribution >= 4 is 44.1 Å². The van der Waals surface area contributed by atoms with Crippen LogP contribution in [0, 0.1) is 12.8 Å². The molecule has 1 saturated carbocycles. The first kappa shape index (κ1) is 22.4. The van der Waals surface area contributed by atoms with Gasteiger partial charge in [-0.1, -0.05) is 100 Å². The van der Waals surface area contributed by atoms with Crippen molar-refractivity contribution in [2.45, 2.75) is 75.0 Å². The van der Waals surface area contributed by atoms with E-state index >= 15 is 0 Å². The lowest BCUT2D eigenvalue weighted by Gasteiger charge is -2.30. The summed E-state index contributed by atoms with van der Waals surface area (Å²) in [6, 6.07) is 21.2. The number of nitrogens with zero attached hydrogens (tertiary/aromatic N) is 1. The average Bonchev–Trinajstić information content (AvgIpc) is 3.35. The van der Waals surface area contributed by atoms with Crippen LogP contribution < -0.4 is 0 Å². The van der Waals surface area contributed by atoms with Gasteiger partial charge >= 0.3 is 0 Å². The van der Waals surface area contributed by atoms with Crippen molar-refractivity contribution in [3.8, 4) is 11.3 Å². The quantitative estimate of drug-likeness (QED) is 0.225. The lowest BCUT2D eigenvalue weighted by atomic mass is 9.81. The highest BCUT2D eigenvalue weighted by molar-refractivity contribution is 8.00.